The average Bonchev–Trinajstić information content (AvgIpc) is 3.86. The average molecular weight is 702 g/mol. The smallest absolute Gasteiger partial charge is 0.367 e. The van der Waals surface area contributed by atoms with Gasteiger partial charge >= 0.3 is 7.60 Å². The van der Waals surface area contributed by atoms with Crippen molar-refractivity contribution in [2.45, 2.75) is 102 Å². The Labute approximate surface area is 276 Å². The molecule has 5 heterocycles. The van der Waals surface area contributed by atoms with E-state index in [-0.39, 0.29) is 37.5 Å². The van der Waals surface area contributed by atoms with Crippen LogP contribution in [0, 0.1) is 0 Å². The van der Waals surface area contributed by atoms with Gasteiger partial charge in [-0.2, -0.15) is 20.3 Å². The summed E-state index contributed by atoms with van der Waals surface area (Å²) in [4.78, 5) is 8.93. The Morgan fingerprint density at radius 3 is 2.62 bits per heavy atom. The number of H-pyrrole nitrogens is 1. The lowest BCUT2D eigenvalue weighted by molar-refractivity contribution is -0.209. The Bertz CT molecular complexity index is 1530. The summed E-state index contributed by atoms with van der Waals surface area (Å²) in [5, 5.41) is 31.2. The number of fused-ring (bicyclic) bond motifs is 2. The van der Waals surface area contributed by atoms with Crippen molar-refractivity contribution in [1.82, 2.24) is 40.4 Å². The number of halogens is 1. The van der Waals surface area contributed by atoms with Crippen molar-refractivity contribution < 1.29 is 42.4 Å². The van der Waals surface area contributed by atoms with Crippen LogP contribution >= 0.6 is 19.2 Å². The van der Waals surface area contributed by atoms with E-state index in [2.05, 4.69) is 41.0 Å². The Kier molecular flexibility index (Phi) is 10.4. The van der Waals surface area contributed by atoms with Crippen molar-refractivity contribution >= 4 is 36.0 Å². The number of nitrogens with one attached hydrogen (secondary N) is 2. The fourth-order valence-corrected chi connectivity index (χ4v) is 8.27. The quantitative estimate of drug-likeness (QED) is 0.145. The maximum atomic E-state index is 14.2. The first kappa shape index (κ1) is 34.5. The van der Waals surface area contributed by atoms with Gasteiger partial charge in [0, 0.05) is 6.04 Å². The minimum absolute atomic E-state index is 0.0272. The number of hydrogen-bond acceptors (Lipinski definition) is 16. The molecule has 0 radical (unpaired) electrons. The summed E-state index contributed by atoms with van der Waals surface area (Å²) in [5.41, 5.74) is 0.459. The molecular formula is C27H41ClN9O9P. The molecular weight excluding hydrogens is 661 g/mol. The highest BCUT2D eigenvalue weighted by molar-refractivity contribution is 7.55. The van der Waals surface area contributed by atoms with Crippen molar-refractivity contribution in [2.75, 3.05) is 38.4 Å². The van der Waals surface area contributed by atoms with Crippen LogP contribution in [-0.2, 0) is 43.9 Å². The highest BCUT2D eigenvalue weighted by Gasteiger charge is 2.59. The molecule has 3 N–H and O–H groups in total. The number of anilines is 1. The van der Waals surface area contributed by atoms with Crippen molar-refractivity contribution in [3.05, 3.63) is 17.3 Å². The first-order chi connectivity index (χ1) is 22.6. The summed E-state index contributed by atoms with van der Waals surface area (Å²) in [5.74, 6) is -0.110. The van der Waals surface area contributed by atoms with Crippen LogP contribution in [0.4, 0.5) is 5.82 Å². The molecule has 20 heteroatoms. The molecule has 1 saturated carbocycles. The minimum Gasteiger partial charge on any atom is -0.393 e. The lowest BCUT2D eigenvalue weighted by Crippen LogP contribution is -2.46. The summed E-state index contributed by atoms with van der Waals surface area (Å²) in [6, 6.07) is 0.292. The van der Waals surface area contributed by atoms with E-state index in [1.807, 2.05) is 0 Å². The van der Waals surface area contributed by atoms with Crippen LogP contribution in [-0.4, -0.2) is 114 Å². The van der Waals surface area contributed by atoms with E-state index >= 15 is 0 Å². The number of hydrogen-bond donors (Lipinski definition) is 3. The Morgan fingerprint density at radius 1 is 1.19 bits per heavy atom. The minimum atomic E-state index is -4.14. The monoisotopic (exact) mass is 701 g/mol. The third-order valence-corrected chi connectivity index (χ3v) is 11.1. The second kappa shape index (κ2) is 14.2. The van der Waals surface area contributed by atoms with Gasteiger partial charge < -0.3 is 43.2 Å². The summed E-state index contributed by atoms with van der Waals surface area (Å²) in [7, 11) is -4.14. The summed E-state index contributed by atoms with van der Waals surface area (Å²) in [6.45, 7) is 5.50. The molecule has 3 aromatic rings. The summed E-state index contributed by atoms with van der Waals surface area (Å²) < 4.78 is 58.2. The number of aliphatic hydroxyl groups is 1. The van der Waals surface area contributed by atoms with Crippen LogP contribution in [0.2, 0.25) is 5.28 Å². The number of aromatic nitrogens is 8. The van der Waals surface area contributed by atoms with Gasteiger partial charge in [0.05, 0.1) is 44.6 Å². The highest BCUT2D eigenvalue weighted by Crippen LogP contribution is 2.61. The lowest BCUT2D eigenvalue weighted by atomic mass is 10.1. The molecule has 0 aromatic carbocycles. The fraction of sp³-hybridized carbons (Fsp3) is 0.778. The normalized spacial score (nSPS) is 25.8. The predicted molar refractivity (Wildman–Crippen MR) is 164 cm³/mol. The molecule has 0 amide bonds. The zero-order valence-corrected chi connectivity index (χ0v) is 28.4. The predicted octanol–water partition coefficient (Wildman–Crippen LogP) is 2.95. The van der Waals surface area contributed by atoms with Gasteiger partial charge in [-0.1, -0.05) is 18.1 Å². The van der Waals surface area contributed by atoms with Crippen LogP contribution in [0.25, 0.3) is 11.0 Å². The van der Waals surface area contributed by atoms with Gasteiger partial charge in [-0.05, 0) is 52.1 Å². The summed E-state index contributed by atoms with van der Waals surface area (Å²) in [6.07, 6.45) is 3.22. The molecule has 0 bridgehead atoms. The van der Waals surface area contributed by atoms with Gasteiger partial charge in [0.25, 0.3) is 0 Å². The van der Waals surface area contributed by atoms with E-state index in [9.17, 15) is 9.67 Å². The molecule has 6 rings (SSSR count). The van der Waals surface area contributed by atoms with Crippen molar-refractivity contribution in [3.63, 3.8) is 0 Å². The van der Waals surface area contributed by atoms with E-state index in [4.69, 9.17) is 44.3 Å². The fourth-order valence-electron chi connectivity index (χ4n) is 6.22. The highest BCUT2D eigenvalue weighted by atomic mass is 35.5. The van der Waals surface area contributed by atoms with E-state index in [1.54, 1.807) is 38.6 Å². The number of rotatable bonds is 16. The number of aromatic amines is 1. The van der Waals surface area contributed by atoms with E-state index in [0.29, 0.717) is 22.9 Å². The van der Waals surface area contributed by atoms with E-state index in [1.165, 1.54) is 0 Å². The zero-order valence-electron chi connectivity index (χ0n) is 26.7. The van der Waals surface area contributed by atoms with Crippen LogP contribution in [0.15, 0.2) is 6.20 Å². The SMILES string of the molecule is CCOP(=O)(OCC)[C@@](CO)(COCc1nn[nH]n1)OC[C@H]1OC(n2ncc3c(NC4CCCC4)nc(Cl)nc32)[C@@H]2OC(C)(C)O[C@H]12. The second-order valence-corrected chi connectivity index (χ2v) is 14.7. The largest absolute Gasteiger partial charge is 0.393 e. The number of aliphatic hydroxyl groups excluding tert-OH is 1. The molecule has 0 spiro atoms. The molecule has 3 fully saturated rings. The van der Waals surface area contributed by atoms with Crippen LogP contribution in [0.3, 0.4) is 0 Å². The molecule has 47 heavy (non-hydrogen) atoms. The molecule has 5 atom stereocenters. The Hall–Kier alpha value is -2.38. The van der Waals surface area contributed by atoms with Crippen molar-refractivity contribution in [3.8, 4) is 0 Å². The maximum absolute atomic E-state index is 14.2. The molecule has 2 saturated heterocycles. The standard InChI is InChI=1S/C27H41ClN9O9P/c1-5-42-47(39,43-6-2)27(14-38,15-40-13-19-33-35-36-34-19)41-12-18-20-21(46-26(3,4)45-20)24(44-18)37-23-17(11-29-37)22(31-25(28)32-23)30-16-9-7-8-10-16/h11,16,18,20-21,24,38H,5-10,12-15H2,1-4H3,(H,30,31,32)(H,33,34,35,36)/t18-,20-,21-,24?,27+/m1/s1. The third kappa shape index (κ3) is 7.04. The van der Waals surface area contributed by atoms with Crippen molar-refractivity contribution in [2.24, 2.45) is 0 Å². The number of ether oxygens (including phenoxy) is 5. The van der Waals surface area contributed by atoms with E-state index < -0.39 is 56.5 Å². The maximum Gasteiger partial charge on any atom is 0.367 e. The summed E-state index contributed by atoms with van der Waals surface area (Å²) >= 11 is 6.40. The molecule has 3 aromatic heterocycles. The van der Waals surface area contributed by atoms with Gasteiger partial charge in [-0.25, -0.2) is 4.68 Å². The van der Waals surface area contributed by atoms with Crippen molar-refractivity contribution in [1.29, 1.82) is 0 Å². The Morgan fingerprint density at radius 2 is 1.94 bits per heavy atom. The molecule has 18 nitrogen and oxygen atoms in total. The molecule has 2 aliphatic heterocycles. The molecule has 1 aliphatic carbocycles. The van der Waals surface area contributed by atoms with Crippen LogP contribution in [0.1, 0.15) is 65.4 Å². The topological polar surface area (TPSA) is 212 Å². The number of nitrogens with zero attached hydrogens (tertiary/aromatic N) is 7. The first-order valence-corrected chi connectivity index (χ1v) is 17.7. The second-order valence-electron chi connectivity index (χ2n) is 12.0. The van der Waals surface area contributed by atoms with Gasteiger partial charge in [-0.15, -0.1) is 10.2 Å². The van der Waals surface area contributed by atoms with Gasteiger partial charge in [0.2, 0.25) is 10.6 Å². The molecule has 260 valence electrons. The third-order valence-electron chi connectivity index (χ3n) is 8.30. The molecule has 3 aliphatic rings. The van der Waals surface area contributed by atoms with Crippen LogP contribution in [0.5, 0.6) is 0 Å². The zero-order chi connectivity index (χ0) is 33.2. The van der Waals surface area contributed by atoms with E-state index in [0.717, 1.165) is 25.7 Å². The van der Waals surface area contributed by atoms with Gasteiger partial charge in [-0.3, -0.25) is 4.57 Å². The van der Waals surface area contributed by atoms with Crippen LogP contribution < -0.4 is 5.32 Å². The molecule has 1 unspecified atom stereocenters. The Balaban J connectivity index is 1.27. The first-order valence-electron chi connectivity index (χ1n) is 15.7. The van der Waals surface area contributed by atoms with Gasteiger partial charge in [0.15, 0.2) is 23.5 Å². The van der Waals surface area contributed by atoms with Gasteiger partial charge in [0.1, 0.15) is 30.7 Å². The lowest BCUT2D eigenvalue weighted by Gasteiger charge is -2.37. The number of tetrazole rings is 1.